The van der Waals surface area contributed by atoms with Crippen molar-refractivity contribution >= 4 is 11.8 Å². The lowest BCUT2D eigenvalue weighted by Gasteiger charge is -2.21. The third-order valence-corrected chi connectivity index (χ3v) is 3.73. The molecule has 0 radical (unpaired) electrons. The Morgan fingerprint density at radius 3 is 2.46 bits per heavy atom. The van der Waals surface area contributed by atoms with Crippen molar-refractivity contribution in [2.75, 3.05) is 27.3 Å². The van der Waals surface area contributed by atoms with Gasteiger partial charge in [0, 0.05) is 33.0 Å². The summed E-state index contributed by atoms with van der Waals surface area (Å²) < 4.78 is 10.5. The first kappa shape index (κ1) is 19.8. The van der Waals surface area contributed by atoms with Crippen LogP contribution in [0.3, 0.4) is 0 Å². The highest BCUT2D eigenvalue weighted by Gasteiger charge is 2.13. The number of carbonyl (C=O) groups excluding carboxylic acids is 2. The van der Waals surface area contributed by atoms with Crippen molar-refractivity contribution in [2.24, 2.45) is 0 Å². The van der Waals surface area contributed by atoms with E-state index in [9.17, 15) is 9.59 Å². The predicted molar refractivity (Wildman–Crippen MR) is 93.2 cm³/mol. The van der Waals surface area contributed by atoms with Crippen molar-refractivity contribution in [1.82, 2.24) is 10.2 Å². The number of nitrogens with one attached hydrogen (secondary N) is 1. The molecule has 1 N–H and O–H groups in total. The average Bonchev–Trinajstić information content (AvgIpc) is 2.58. The molecule has 0 aliphatic rings. The van der Waals surface area contributed by atoms with Crippen molar-refractivity contribution < 1.29 is 19.1 Å². The number of nitrogens with zero attached hydrogens (tertiary/aromatic N) is 1. The zero-order valence-corrected chi connectivity index (χ0v) is 15.1. The molecule has 2 amide bonds. The SMILES string of the molecule is CCCCNC(=O)CCN(Cc1ccc(OC)c(OC)c1)C(C)=O. The van der Waals surface area contributed by atoms with Crippen molar-refractivity contribution in [2.45, 2.75) is 39.7 Å². The molecule has 24 heavy (non-hydrogen) atoms. The van der Waals surface area contributed by atoms with E-state index >= 15 is 0 Å². The van der Waals surface area contributed by atoms with E-state index in [-0.39, 0.29) is 11.8 Å². The number of amides is 2. The number of methoxy groups -OCH3 is 2. The summed E-state index contributed by atoms with van der Waals surface area (Å²) in [6.45, 7) is 5.09. The molecule has 0 spiro atoms. The summed E-state index contributed by atoms with van der Waals surface area (Å²) in [4.78, 5) is 25.3. The number of ether oxygens (including phenoxy) is 2. The third-order valence-electron chi connectivity index (χ3n) is 3.73. The lowest BCUT2D eigenvalue weighted by Crippen LogP contribution is -2.33. The average molecular weight is 336 g/mol. The van der Waals surface area contributed by atoms with Gasteiger partial charge in [-0.2, -0.15) is 0 Å². The van der Waals surface area contributed by atoms with Crippen LogP contribution in [-0.2, 0) is 16.1 Å². The summed E-state index contributed by atoms with van der Waals surface area (Å²) in [6.07, 6.45) is 2.31. The molecule has 0 saturated carbocycles. The van der Waals surface area contributed by atoms with Crippen LogP contribution in [0.25, 0.3) is 0 Å². The second kappa shape index (κ2) is 10.5. The van der Waals surface area contributed by atoms with E-state index in [2.05, 4.69) is 12.2 Å². The molecule has 1 aromatic rings. The molecule has 1 rings (SSSR count). The lowest BCUT2D eigenvalue weighted by molar-refractivity contribution is -0.130. The Balaban J connectivity index is 2.63. The molecule has 0 aliphatic carbocycles. The molecule has 6 heteroatoms. The molecule has 0 fully saturated rings. The highest BCUT2D eigenvalue weighted by molar-refractivity contribution is 5.78. The Hall–Kier alpha value is -2.24. The van der Waals surface area contributed by atoms with Crippen LogP contribution < -0.4 is 14.8 Å². The fraction of sp³-hybridized carbons (Fsp3) is 0.556. The summed E-state index contributed by atoms with van der Waals surface area (Å²) in [5.41, 5.74) is 0.925. The van der Waals surface area contributed by atoms with Crippen LogP contribution in [0, 0.1) is 0 Å². The largest absolute Gasteiger partial charge is 0.493 e. The van der Waals surface area contributed by atoms with E-state index in [0.29, 0.717) is 37.6 Å². The molecule has 6 nitrogen and oxygen atoms in total. The summed E-state index contributed by atoms with van der Waals surface area (Å²) in [6, 6.07) is 5.54. The topological polar surface area (TPSA) is 67.9 Å². The van der Waals surface area contributed by atoms with E-state index in [4.69, 9.17) is 9.47 Å². The van der Waals surface area contributed by atoms with E-state index in [0.717, 1.165) is 18.4 Å². The quantitative estimate of drug-likeness (QED) is 0.666. The Morgan fingerprint density at radius 2 is 1.88 bits per heavy atom. The minimum atomic E-state index is -0.0638. The van der Waals surface area contributed by atoms with Crippen LogP contribution in [0.2, 0.25) is 0 Å². The Morgan fingerprint density at radius 1 is 1.17 bits per heavy atom. The second-order valence-corrected chi connectivity index (χ2v) is 5.58. The van der Waals surface area contributed by atoms with Crippen LogP contribution in [-0.4, -0.2) is 44.0 Å². The van der Waals surface area contributed by atoms with Gasteiger partial charge in [-0.05, 0) is 24.1 Å². The normalized spacial score (nSPS) is 10.2. The van der Waals surface area contributed by atoms with Gasteiger partial charge in [0.05, 0.1) is 14.2 Å². The fourth-order valence-corrected chi connectivity index (χ4v) is 2.28. The lowest BCUT2D eigenvalue weighted by atomic mass is 10.1. The van der Waals surface area contributed by atoms with Crippen LogP contribution in [0.4, 0.5) is 0 Å². The van der Waals surface area contributed by atoms with Crippen LogP contribution in [0.5, 0.6) is 11.5 Å². The van der Waals surface area contributed by atoms with E-state index in [1.165, 1.54) is 6.92 Å². The van der Waals surface area contributed by atoms with Crippen LogP contribution in [0.15, 0.2) is 18.2 Å². The van der Waals surface area contributed by atoms with Gasteiger partial charge in [-0.1, -0.05) is 19.4 Å². The maximum absolute atomic E-state index is 11.8. The first-order chi connectivity index (χ1) is 11.5. The number of unbranched alkanes of at least 4 members (excludes halogenated alkanes) is 1. The summed E-state index contributed by atoms with van der Waals surface area (Å²) in [7, 11) is 3.15. The van der Waals surface area contributed by atoms with Gasteiger partial charge in [-0.15, -0.1) is 0 Å². The minimum Gasteiger partial charge on any atom is -0.493 e. The molecule has 0 aromatic heterocycles. The number of hydrogen-bond donors (Lipinski definition) is 1. The zero-order valence-electron chi connectivity index (χ0n) is 15.1. The molecular weight excluding hydrogens is 308 g/mol. The smallest absolute Gasteiger partial charge is 0.221 e. The minimum absolute atomic E-state index is 0.0259. The highest BCUT2D eigenvalue weighted by Crippen LogP contribution is 2.28. The van der Waals surface area contributed by atoms with Gasteiger partial charge in [0.2, 0.25) is 11.8 Å². The summed E-state index contributed by atoms with van der Waals surface area (Å²) in [5, 5.41) is 2.86. The van der Waals surface area contributed by atoms with Gasteiger partial charge >= 0.3 is 0 Å². The second-order valence-electron chi connectivity index (χ2n) is 5.58. The number of carbonyl (C=O) groups is 2. The van der Waals surface area contributed by atoms with Crippen LogP contribution in [0.1, 0.15) is 38.7 Å². The predicted octanol–water partition coefficient (Wildman–Crippen LogP) is 2.36. The van der Waals surface area contributed by atoms with Crippen molar-refractivity contribution in [3.63, 3.8) is 0 Å². The number of hydrogen-bond acceptors (Lipinski definition) is 4. The Bertz CT molecular complexity index is 546. The molecule has 1 aromatic carbocycles. The standard InChI is InChI=1S/C18H28N2O4/c1-5-6-10-19-18(22)9-11-20(14(2)21)13-15-7-8-16(23-3)17(12-15)24-4/h7-8,12H,5-6,9-11,13H2,1-4H3,(H,19,22). The summed E-state index contributed by atoms with van der Waals surface area (Å²) >= 11 is 0. The van der Waals surface area contributed by atoms with Gasteiger partial charge < -0.3 is 19.7 Å². The van der Waals surface area contributed by atoms with Gasteiger partial charge in [-0.25, -0.2) is 0 Å². The maximum Gasteiger partial charge on any atom is 0.221 e. The molecule has 0 unspecified atom stereocenters. The van der Waals surface area contributed by atoms with Crippen molar-refractivity contribution in [3.05, 3.63) is 23.8 Å². The molecule has 0 aliphatic heterocycles. The third kappa shape index (κ3) is 6.48. The first-order valence-electron chi connectivity index (χ1n) is 8.24. The van der Waals surface area contributed by atoms with Crippen LogP contribution >= 0.6 is 0 Å². The zero-order chi connectivity index (χ0) is 17.9. The Kier molecular flexibility index (Phi) is 8.68. The first-order valence-corrected chi connectivity index (χ1v) is 8.24. The molecular formula is C18H28N2O4. The fourth-order valence-electron chi connectivity index (χ4n) is 2.28. The van der Waals surface area contributed by atoms with E-state index in [1.54, 1.807) is 19.1 Å². The number of benzene rings is 1. The maximum atomic E-state index is 11.8. The molecule has 134 valence electrons. The van der Waals surface area contributed by atoms with Gasteiger partial charge in [0.15, 0.2) is 11.5 Å². The molecule has 0 saturated heterocycles. The summed E-state index contributed by atoms with van der Waals surface area (Å²) in [5.74, 6) is 1.18. The van der Waals surface area contributed by atoms with Crippen molar-refractivity contribution in [3.8, 4) is 11.5 Å². The van der Waals surface area contributed by atoms with E-state index < -0.39 is 0 Å². The number of rotatable bonds is 10. The van der Waals surface area contributed by atoms with Gasteiger partial charge in [0.25, 0.3) is 0 Å². The molecule has 0 atom stereocenters. The van der Waals surface area contributed by atoms with E-state index in [1.807, 2.05) is 18.2 Å². The molecule has 0 bridgehead atoms. The molecule has 0 heterocycles. The van der Waals surface area contributed by atoms with Gasteiger partial charge in [-0.3, -0.25) is 9.59 Å². The highest BCUT2D eigenvalue weighted by atomic mass is 16.5. The van der Waals surface area contributed by atoms with Gasteiger partial charge in [0.1, 0.15) is 0 Å². The Labute approximate surface area is 144 Å². The monoisotopic (exact) mass is 336 g/mol. The van der Waals surface area contributed by atoms with Crippen molar-refractivity contribution in [1.29, 1.82) is 0 Å².